The van der Waals surface area contributed by atoms with Crippen molar-refractivity contribution in [2.45, 2.75) is 18.9 Å². The molecule has 1 aromatic carbocycles. The standard InChI is InChI=1S/C12H14BrNO2/c13-10-5-3-9(4-6-10)11(12(15)16)14-7-1-2-8-14/h3-6,11H,1-2,7-8H2,(H,15,16). The minimum Gasteiger partial charge on any atom is -0.480 e. The highest BCUT2D eigenvalue weighted by molar-refractivity contribution is 9.10. The zero-order chi connectivity index (χ0) is 11.5. The summed E-state index contributed by atoms with van der Waals surface area (Å²) in [5, 5.41) is 9.30. The van der Waals surface area contributed by atoms with E-state index in [4.69, 9.17) is 0 Å². The van der Waals surface area contributed by atoms with Gasteiger partial charge in [-0.15, -0.1) is 0 Å². The average molecular weight is 284 g/mol. The first kappa shape index (κ1) is 11.6. The Hall–Kier alpha value is -0.870. The van der Waals surface area contributed by atoms with Crippen molar-refractivity contribution in [3.8, 4) is 0 Å². The summed E-state index contributed by atoms with van der Waals surface area (Å²) >= 11 is 3.35. The highest BCUT2D eigenvalue weighted by atomic mass is 79.9. The summed E-state index contributed by atoms with van der Waals surface area (Å²) in [6, 6.07) is 7.04. The molecule has 1 aliphatic rings. The van der Waals surface area contributed by atoms with Gasteiger partial charge in [0.25, 0.3) is 0 Å². The van der Waals surface area contributed by atoms with E-state index in [1.165, 1.54) is 0 Å². The minimum absolute atomic E-state index is 0.490. The summed E-state index contributed by atoms with van der Waals surface area (Å²) in [5.74, 6) is -0.760. The van der Waals surface area contributed by atoms with Gasteiger partial charge in [0, 0.05) is 4.47 Å². The minimum atomic E-state index is -0.760. The van der Waals surface area contributed by atoms with Crippen molar-refractivity contribution < 1.29 is 9.90 Å². The van der Waals surface area contributed by atoms with E-state index in [1.54, 1.807) is 0 Å². The molecule has 0 aliphatic carbocycles. The number of halogens is 1. The topological polar surface area (TPSA) is 40.5 Å². The second kappa shape index (κ2) is 4.97. The second-order valence-electron chi connectivity index (χ2n) is 4.04. The molecule has 1 saturated heterocycles. The lowest BCUT2D eigenvalue weighted by Gasteiger charge is -2.23. The molecule has 1 aromatic rings. The van der Waals surface area contributed by atoms with Crippen LogP contribution in [0.3, 0.4) is 0 Å². The molecule has 0 bridgehead atoms. The van der Waals surface area contributed by atoms with Crippen molar-refractivity contribution in [3.63, 3.8) is 0 Å². The van der Waals surface area contributed by atoms with Crippen LogP contribution in [-0.2, 0) is 4.79 Å². The van der Waals surface area contributed by atoms with Gasteiger partial charge >= 0.3 is 5.97 Å². The van der Waals surface area contributed by atoms with Crippen LogP contribution < -0.4 is 0 Å². The predicted octanol–water partition coefficient (Wildman–Crippen LogP) is 2.67. The molecule has 0 spiro atoms. The Morgan fingerprint density at radius 1 is 1.25 bits per heavy atom. The predicted molar refractivity (Wildman–Crippen MR) is 65.3 cm³/mol. The molecule has 3 nitrogen and oxygen atoms in total. The number of benzene rings is 1. The molecule has 0 saturated carbocycles. The van der Waals surface area contributed by atoms with E-state index in [1.807, 2.05) is 29.2 Å². The van der Waals surface area contributed by atoms with Crippen molar-refractivity contribution in [2.24, 2.45) is 0 Å². The quantitative estimate of drug-likeness (QED) is 0.927. The molecule has 0 aromatic heterocycles. The van der Waals surface area contributed by atoms with Gasteiger partial charge in [0.1, 0.15) is 6.04 Å². The molecule has 1 unspecified atom stereocenters. The maximum Gasteiger partial charge on any atom is 0.325 e. The number of carbonyl (C=O) groups is 1. The maximum atomic E-state index is 11.3. The first-order chi connectivity index (χ1) is 7.68. The van der Waals surface area contributed by atoms with E-state index in [-0.39, 0.29) is 0 Å². The normalized spacial score (nSPS) is 18.6. The molecule has 1 atom stereocenters. The van der Waals surface area contributed by atoms with Crippen LogP contribution in [0.1, 0.15) is 24.4 Å². The van der Waals surface area contributed by atoms with Crippen LogP contribution in [0.15, 0.2) is 28.7 Å². The first-order valence-electron chi connectivity index (χ1n) is 5.41. The van der Waals surface area contributed by atoms with Crippen LogP contribution in [-0.4, -0.2) is 29.1 Å². The molecule has 0 radical (unpaired) electrons. The lowest BCUT2D eigenvalue weighted by molar-refractivity contribution is -0.143. The smallest absolute Gasteiger partial charge is 0.325 e. The summed E-state index contributed by atoms with van der Waals surface area (Å²) in [4.78, 5) is 13.4. The summed E-state index contributed by atoms with van der Waals surface area (Å²) in [7, 11) is 0. The molecule has 4 heteroatoms. The van der Waals surface area contributed by atoms with Gasteiger partial charge in [-0.1, -0.05) is 28.1 Å². The molecular formula is C12H14BrNO2. The number of likely N-dealkylation sites (tertiary alicyclic amines) is 1. The van der Waals surface area contributed by atoms with E-state index >= 15 is 0 Å². The van der Waals surface area contributed by atoms with Gasteiger partial charge in [0.2, 0.25) is 0 Å². The SMILES string of the molecule is O=C(O)C(c1ccc(Br)cc1)N1CCCC1. The fourth-order valence-electron chi connectivity index (χ4n) is 2.15. The number of rotatable bonds is 3. The van der Waals surface area contributed by atoms with E-state index in [9.17, 15) is 9.90 Å². The number of nitrogens with zero attached hydrogens (tertiary/aromatic N) is 1. The van der Waals surface area contributed by atoms with E-state index < -0.39 is 12.0 Å². The lowest BCUT2D eigenvalue weighted by Crippen LogP contribution is -2.31. The average Bonchev–Trinajstić information content (AvgIpc) is 2.74. The third kappa shape index (κ3) is 2.44. The third-order valence-electron chi connectivity index (χ3n) is 2.93. The van der Waals surface area contributed by atoms with Gasteiger partial charge in [-0.05, 0) is 43.6 Å². The van der Waals surface area contributed by atoms with Gasteiger partial charge in [-0.2, -0.15) is 0 Å². The monoisotopic (exact) mass is 283 g/mol. The number of hydrogen-bond acceptors (Lipinski definition) is 2. The van der Waals surface area contributed by atoms with Gasteiger partial charge < -0.3 is 5.11 Å². The molecule has 1 fully saturated rings. The van der Waals surface area contributed by atoms with E-state index in [2.05, 4.69) is 15.9 Å². The van der Waals surface area contributed by atoms with Crippen LogP contribution in [0.4, 0.5) is 0 Å². The zero-order valence-electron chi connectivity index (χ0n) is 8.90. The van der Waals surface area contributed by atoms with Gasteiger partial charge in [-0.25, -0.2) is 0 Å². The van der Waals surface area contributed by atoms with Crippen LogP contribution in [0.2, 0.25) is 0 Å². The summed E-state index contributed by atoms with van der Waals surface area (Å²) < 4.78 is 0.974. The van der Waals surface area contributed by atoms with Crippen molar-refractivity contribution in [3.05, 3.63) is 34.3 Å². The fraction of sp³-hybridized carbons (Fsp3) is 0.417. The Balaban J connectivity index is 2.24. The van der Waals surface area contributed by atoms with E-state index in [0.29, 0.717) is 0 Å². The Morgan fingerprint density at radius 3 is 2.31 bits per heavy atom. The first-order valence-corrected chi connectivity index (χ1v) is 6.20. The maximum absolute atomic E-state index is 11.3. The highest BCUT2D eigenvalue weighted by Crippen LogP contribution is 2.26. The summed E-state index contributed by atoms with van der Waals surface area (Å²) in [6.45, 7) is 1.76. The lowest BCUT2D eigenvalue weighted by atomic mass is 10.1. The van der Waals surface area contributed by atoms with Crippen molar-refractivity contribution >= 4 is 21.9 Å². The molecule has 2 rings (SSSR count). The van der Waals surface area contributed by atoms with Gasteiger partial charge in [0.15, 0.2) is 0 Å². The van der Waals surface area contributed by atoms with Crippen LogP contribution >= 0.6 is 15.9 Å². The van der Waals surface area contributed by atoms with Gasteiger partial charge in [0.05, 0.1) is 0 Å². The van der Waals surface area contributed by atoms with Crippen molar-refractivity contribution in [1.29, 1.82) is 0 Å². The second-order valence-corrected chi connectivity index (χ2v) is 4.95. The number of carboxylic acids is 1. The molecular weight excluding hydrogens is 270 g/mol. The molecule has 1 aliphatic heterocycles. The van der Waals surface area contributed by atoms with Crippen molar-refractivity contribution in [2.75, 3.05) is 13.1 Å². The summed E-state index contributed by atoms with van der Waals surface area (Å²) in [6.07, 6.45) is 2.20. The van der Waals surface area contributed by atoms with Crippen LogP contribution in [0.25, 0.3) is 0 Å². The molecule has 86 valence electrons. The molecule has 1 heterocycles. The van der Waals surface area contributed by atoms with Crippen molar-refractivity contribution in [1.82, 2.24) is 4.90 Å². The van der Waals surface area contributed by atoms with Gasteiger partial charge in [-0.3, -0.25) is 9.69 Å². The number of carboxylic acid groups (broad SMARTS) is 1. The van der Waals surface area contributed by atoms with Crippen LogP contribution in [0.5, 0.6) is 0 Å². The van der Waals surface area contributed by atoms with E-state index in [0.717, 1.165) is 36.0 Å². The molecule has 16 heavy (non-hydrogen) atoms. The largest absolute Gasteiger partial charge is 0.480 e. The summed E-state index contributed by atoms with van der Waals surface area (Å²) in [5.41, 5.74) is 0.859. The number of hydrogen-bond donors (Lipinski definition) is 1. The Labute approximate surface area is 103 Å². The third-order valence-corrected chi connectivity index (χ3v) is 3.45. The Bertz CT molecular complexity index is 371. The Morgan fingerprint density at radius 2 is 1.81 bits per heavy atom. The number of aliphatic carboxylic acids is 1. The molecule has 1 N–H and O–H groups in total. The van der Waals surface area contributed by atoms with Crippen LogP contribution in [0, 0.1) is 0 Å². The Kier molecular flexibility index (Phi) is 3.61. The zero-order valence-corrected chi connectivity index (χ0v) is 10.5. The highest BCUT2D eigenvalue weighted by Gasteiger charge is 2.29. The fourth-order valence-corrected chi connectivity index (χ4v) is 2.42. The molecule has 0 amide bonds.